The summed E-state index contributed by atoms with van der Waals surface area (Å²) in [6, 6.07) is 8.35. The van der Waals surface area contributed by atoms with Gasteiger partial charge in [-0.1, -0.05) is 24.6 Å². The summed E-state index contributed by atoms with van der Waals surface area (Å²) in [4.78, 5) is 0. The van der Waals surface area contributed by atoms with Crippen LogP contribution in [-0.4, -0.2) is 7.11 Å². The van der Waals surface area contributed by atoms with Crippen LogP contribution >= 0.6 is 0 Å². The number of benzene rings is 1. The zero-order chi connectivity index (χ0) is 11.3. The molecular weight excluding hydrogens is 186 g/mol. The molecule has 0 heterocycles. The second kappa shape index (κ2) is 5.41. The van der Waals surface area contributed by atoms with E-state index in [0.29, 0.717) is 12.3 Å². The monoisotopic (exact) mass is 203 g/mol. The minimum atomic E-state index is 0.375. The SMILES string of the molecule is COc1ccc(C)cc1C(C)CCC#N. The second-order valence-corrected chi connectivity index (χ2v) is 3.84. The second-order valence-electron chi connectivity index (χ2n) is 3.84. The van der Waals surface area contributed by atoms with E-state index in [0.717, 1.165) is 12.2 Å². The highest BCUT2D eigenvalue weighted by atomic mass is 16.5. The van der Waals surface area contributed by atoms with E-state index in [1.54, 1.807) is 7.11 Å². The van der Waals surface area contributed by atoms with Crippen molar-refractivity contribution in [3.05, 3.63) is 29.3 Å². The standard InChI is InChI=1S/C13H17NO/c1-10-6-7-13(15-3)12(9-10)11(2)5-4-8-14/h6-7,9,11H,4-5H2,1-3H3. The summed E-state index contributed by atoms with van der Waals surface area (Å²) >= 11 is 0. The van der Waals surface area contributed by atoms with Gasteiger partial charge in [-0.3, -0.25) is 0 Å². The van der Waals surface area contributed by atoms with Crippen molar-refractivity contribution < 1.29 is 4.74 Å². The Morgan fingerprint density at radius 1 is 1.47 bits per heavy atom. The lowest BCUT2D eigenvalue weighted by molar-refractivity contribution is 0.405. The van der Waals surface area contributed by atoms with Gasteiger partial charge in [-0.15, -0.1) is 0 Å². The number of ether oxygens (including phenoxy) is 1. The van der Waals surface area contributed by atoms with Gasteiger partial charge in [0.2, 0.25) is 0 Å². The maximum Gasteiger partial charge on any atom is 0.122 e. The van der Waals surface area contributed by atoms with Crippen molar-refractivity contribution >= 4 is 0 Å². The van der Waals surface area contributed by atoms with Crippen molar-refractivity contribution in [2.45, 2.75) is 32.6 Å². The zero-order valence-electron chi connectivity index (χ0n) is 9.58. The first-order valence-corrected chi connectivity index (χ1v) is 5.20. The number of hydrogen-bond acceptors (Lipinski definition) is 2. The quantitative estimate of drug-likeness (QED) is 0.751. The fourth-order valence-electron chi connectivity index (χ4n) is 1.68. The fraction of sp³-hybridized carbons (Fsp3) is 0.462. The first kappa shape index (κ1) is 11.6. The van der Waals surface area contributed by atoms with Crippen LogP contribution in [0.25, 0.3) is 0 Å². The molecule has 1 aromatic carbocycles. The Morgan fingerprint density at radius 3 is 2.80 bits per heavy atom. The third-order valence-electron chi connectivity index (χ3n) is 2.61. The van der Waals surface area contributed by atoms with Gasteiger partial charge in [0.25, 0.3) is 0 Å². The van der Waals surface area contributed by atoms with Crippen LogP contribution in [0.3, 0.4) is 0 Å². The van der Waals surface area contributed by atoms with E-state index in [9.17, 15) is 0 Å². The minimum Gasteiger partial charge on any atom is -0.496 e. The molecule has 0 aromatic heterocycles. The maximum atomic E-state index is 8.56. The van der Waals surface area contributed by atoms with E-state index < -0.39 is 0 Å². The maximum absolute atomic E-state index is 8.56. The highest BCUT2D eigenvalue weighted by Gasteiger charge is 2.11. The van der Waals surface area contributed by atoms with Gasteiger partial charge in [-0.25, -0.2) is 0 Å². The molecule has 0 fully saturated rings. The Bertz CT molecular complexity index is 365. The molecule has 15 heavy (non-hydrogen) atoms. The lowest BCUT2D eigenvalue weighted by Crippen LogP contribution is -1.98. The summed E-state index contributed by atoms with van der Waals surface area (Å²) in [6.07, 6.45) is 1.48. The van der Waals surface area contributed by atoms with Gasteiger partial charge in [0.15, 0.2) is 0 Å². The fourth-order valence-corrected chi connectivity index (χ4v) is 1.68. The molecule has 0 amide bonds. The molecule has 1 atom stereocenters. The molecule has 0 bridgehead atoms. The molecule has 1 rings (SSSR count). The molecular formula is C13H17NO. The van der Waals surface area contributed by atoms with Gasteiger partial charge in [-0.2, -0.15) is 5.26 Å². The lowest BCUT2D eigenvalue weighted by atomic mass is 9.94. The third-order valence-corrected chi connectivity index (χ3v) is 2.61. The van der Waals surface area contributed by atoms with Crippen molar-refractivity contribution in [1.82, 2.24) is 0 Å². The Labute approximate surface area is 91.5 Å². The van der Waals surface area contributed by atoms with E-state index >= 15 is 0 Å². The van der Waals surface area contributed by atoms with Gasteiger partial charge in [0.05, 0.1) is 13.2 Å². The summed E-state index contributed by atoms with van der Waals surface area (Å²) in [5.74, 6) is 1.30. The first-order chi connectivity index (χ1) is 7.19. The van der Waals surface area contributed by atoms with E-state index in [2.05, 4.69) is 26.0 Å². The van der Waals surface area contributed by atoms with Crippen LogP contribution in [0, 0.1) is 18.3 Å². The van der Waals surface area contributed by atoms with Crippen molar-refractivity contribution in [2.75, 3.05) is 7.11 Å². The number of nitriles is 1. The predicted molar refractivity (Wildman–Crippen MR) is 61.0 cm³/mol. The topological polar surface area (TPSA) is 33.0 Å². The predicted octanol–water partition coefficient (Wildman–Crippen LogP) is 3.41. The van der Waals surface area contributed by atoms with Crippen LogP contribution in [0.5, 0.6) is 5.75 Å². The smallest absolute Gasteiger partial charge is 0.122 e. The van der Waals surface area contributed by atoms with Crippen LogP contribution in [0.15, 0.2) is 18.2 Å². The number of methoxy groups -OCH3 is 1. The molecule has 0 aliphatic rings. The summed E-state index contributed by atoms with van der Waals surface area (Å²) in [5, 5.41) is 8.56. The van der Waals surface area contributed by atoms with Crippen LogP contribution in [0.2, 0.25) is 0 Å². The average molecular weight is 203 g/mol. The molecule has 2 nitrogen and oxygen atoms in total. The molecule has 0 saturated carbocycles. The van der Waals surface area contributed by atoms with E-state index in [-0.39, 0.29) is 0 Å². The molecule has 0 spiro atoms. The normalized spacial score (nSPS) is 11.9. The Balaban J connectivity index is 2.90. The lowest BCUT2D eigenvalue weighted by Gasteiger charge is -2.15. The highest BCUT2D eigenvalue weighted by molar-refractivity contribution is 5.39. The van der Waals surface area contributed by atoms with Crippen molar-refractivity contribution in [2.24, 2.45) is 0 Å². The molecule has 0 saturated heterocycles. The van der Waals surface area contributed by atoms with Crippen LogP contribution in [0.1, 0.15) is 36.8 Å². The first-order valence-electron chi connectivity index (χ1n) is 5.20. The van der Waals surface area contributed by atoms with E-state index in [4.69, 9.17) is 10.00 Å². The summed E-state index contributed by atoms with van der Waals surface area (Å²) in [7, 11) is 1.69. The van der Waals surface area contributed by atoms with Gasteiger partial charge in [-0.05, 0) is 30.9 Å². The Morgan fingerprint density at radius 2 is 2.20 bits per heavy atom. The third kappa shape index (κ3) is 2.99. The molecule has 1 unspecified atom stereocenters. The zero-order valence-corrected chi connectivity index (χ0v) is 9.58. The van der Waals surface area contributed by atoms with Crippen molar-refractivity contribution in [3.63, 3.8) is 0 Å². The minimum absolute atomic E-state index is 0.375. The molecule has 2 heteroatoms. The van der Waals surface area contributed by atoms with Crippen molar-refractivity contribution in [3.8, 4) is 11.8 Å². The van der Waals surface area contributed by atoms with Crippen molar-refractivity contribution in [1.29, 1.82) is 5.26 Å². The average Bonchev–Trinajstić information content (AvgIpc) is 2.25. The number of nitrogens with zero attached hydrogens (tertiary/aromatic N) is 1. The highest BCUT2D eigenvalue weighted by Crippen LogP contribution is 2.30. The largest absolute Gasteiger partial charge is 0.496 e. The molecule has 0 N–H and O–H groups in total. The Kier molecular flexibility index (Phi) is 4.17. The van der Waals surface area contributed by atoms with Crippen LogP contribution in [0.4, 0.5) is 0 Å². The van der Waals surface area contributed by atoms with Gasteiger partial charge in [0.1, 0.15) is 5.75 Å². The summed E-state index contributed by atoms with van der Waals surface area (Å²) in [5.41, 5.74) is 2.43. The van der Waals surface area contributed by atoms with Crippen LogP contribution in [-0.2, 0) is 0 Å². The van der Waals surface area contributed by atoms with E-state index in [1.165, 1.54) is 11.1 Å². The number of hydrogen-bond donors (Lipinski definition) is 0. The number of rotatable bonds is 4. The van der Waals surface area contributed by atoms with Gasteiger partial charge in [0, 0.05) is 6.42 Å². The van der Waals surface area contributed by atoms with Crippen LogP contribution < -0.4 is 4.74 Å². The summed E-state index contributed by atoms with van der Waals surface area (Å²) < 4.78 is 5.32. The Hall–Kier alpha value is -1.49. The summed E-state index contributed by atoms with van der Waals surface area (Å²) in [6.45, 7) is 4.20. The number of aryl methyl sites for hydroxylation is 1. The molecule has 80 valence electrons. The van der Waals surface area contributed by atoms with Gasteiger partial charge < -0.3 is 4.74 Å². The molecule has 0 aliphatic heterocycles. The van der Waals surface area contributed by atoms with E-state index in [1.807, 2.05) is 12.1 Å². The molecule has 0 aliphatic carbocycles. The van der Waals surface area contributed by atoms with Gasteiger partial charge >= 0.3 is 0 Å². The molecule has 1 aromatic rings. The molecule has 0 radical (unpaired) electrons.